The molecule has 0 spiro atoms. The first-order chi connectivity index (χ1) is 10.0. The number of aliphatic hydroxyl groups is 2. The third-order valence-corrected chi connectivity index (χ3v) is 3.25. The van der Waals surface area contributed by atoms with E-state index in [0.29, 0.717) is 41.9 Å². The zero-order valence-electron chi connectivity index (χ0n) is 11.9. The van der Waals surface area contributed by atoms with Crippen LogP contribution in [0.4, 0.5) is 0 Å². The van der Waals surface area contributed by atoms with E-state index in [0.717, 1.165) is 0 Å². The summed E-state index contributed by atoms with van der Waals surface area (Å²) < 4.78 is 10.2. The number of benzene rings is 1. The molecular formula is C14H21Cl2NO4. The number of halogens is 2. The number of methoxy groups -OCH3 is 1. The lowest BCUT2D eigenvalue weighted by Crippen LogP contribution is -2.33. The minimum Gasteiger partial charge on any atom is -0.489 e. The molecule has 2 unspecified atom stereocenters. The van der Waals surface area contributed by atoms with Crippen LogP contribution in [0.1, 0.15) is 6.42 Å². The van der Waals surface area contributed by atoms with E-state index in [1.54, 1.807) is 25.3 Å². The highest BCUT2D eigenvalue weighted by Crippen LogP contribution is 2.27. The molecule has 5 nitrogen and oxygen atoms in total. The van der Waals surface area contributed by atoms with Gasteiger partial charge in [-0.15, -0.1) is 0 Å². The van der Waals surface area contributed by atoms with Crippen LogP contribution in [0.25, 0.3) is 0 Å². The van der Waals surface area contributed by atoms with E-state index < -0.39 is 12.2 Å². The maximum atomic E-state index is 9.78. The molecule has 0 heterocycles. The molecule has 0 bridgehead atoms. The Kier molecular flexibility index (Phi) is 8.99. The molecule has 1 aromatic carbocycles. The number of hydrogen-bond acceptors (Lipinski definition) is 5. The van der Waals surface area contributed by atoms with Crippen molar-refractivity contribution in [2.45, 2.75) is 18.6 Å². The summed E-state index contributed by atoms with van der Waals surface area (Å²) in [5, 5.41) is 23.2. The Bertz CT molecular complexity index is 420. The van der Waals surface area contributed by atoms with Crippen LogP contribution in [-0.4, -0.2) is 55.8 Å². The van der Waals surface area contributed by atoms with E-state index in [9.17, 15) is 10.2 Å². The van der Waals surface area contributed by atoms with Gasteiger partial charge in [0.05, 0.1) is 17.7 Å². The molecule has 0 radical (unpaired) electrons. The summed E-state index contributed by atoms with van der Waals surface area (Å²) in [4.78, 5) is 0. The van der Waals surface area contributed by atoms with Crippen molar-refractivity contribution in [2.75, 3.05) is 33.4 Å². The number of hydrogen-bond donors (Lipinski definition) is 3. The van der Waals surface area contributed by atoms with Crippen molar-refractivity contribution >= 4 is 23.2 Å². The fraction of sp³-hybridized carbons (Fsp3) is 0.571. The summed E-state index contributed by atoms with van der Waals surface area (Å²) in [6, 6.07) is 4.91. The van der Waals surface area contributed by atoms with Gasteiger partial charge >= 0.3 is 0 Å². The molecule has 1 rings (SSSR count). The Labute approximate surface area is 134 Å². The van der Waals surface area contributed by atoms with Crippen LogP contribution in [-0.2, 0) is 4.74 Å². The summed E-state index contributed by atoms with van der Waals surface area (Å²) in [7, 11) is 1.54. The van der Waals surface area contributed by atoms with E-state index in [1.807, 2.05) is 0 Å². The van der Waals surface area contributed by atoms with Gasteiger partial charge in [-0.25, -0.2) is 0 Å². The van der Waals surface area contributed by atoms with Crippen LogP contribution >= 0.6 is 23.2 Å². The van der Waals surface area contributed by atoms with E-state index in [1.165, 1.54) is 0 Å². The average molecular weight is 338 g/mol. The first-order valence-electron chi connectivity index (χ1n) is 6.66. The molecule has 0 aliphatic heterocycles. The fourth-order valence-electron chi connectivity index (χ4n) is 1.65. The SMILES string of the molecule is COCC(O)CCNCC(O)COc1ccc(Cl)cc1Cl. The van der Waals surface area contributed by atoms with Crippen molar-refractivity contribution in [3.05, 3.63) is 28.2 Å². The zero-order chi connectivity index (χ0) is 15.7. The number of aliphatic hydroxyl groups excluding tert-OH is 2. The van der Waals surface area contributed by atoms with Crippen molar-refractivity contribution in [2.24, 2.45) is 0 Å². The second kappa shape index (κ2) is 10.2. The Morgan fingerprint density at radius 2 is 1.95 bits per heavy atom. The first-order valence-corrected chi connectivity index (χ1v) is 7.42. The topological polar surface area (TPSA) is 71.0 Å². The van der Waals surface area contributed by atoms with Gasteiger partial charge < -0.3 is 25.0 Å². The Morgan fingerprint density at radius 3 is 2.62 bits per heavy atom. The van der Waals surface area contributed by atoms with Gasteiger partial charge in [-0.3, -0.25) is 0 Å². The zero-order valence-corrected chi connectivity index (χ0v) is 13.4. The summed E-state index contributed by atoms with van der Waals surface area (Å²) in [6.07, 6.45) is -0.607. The van der Waals surface area contributed by atoms with Crippen LogP contribution in [0.15, 0.2) is 18.2 Å². The predicted octanol–water partition coefficient (Wildman–Crippen LogP) is 1.72. The predicted molar refractivity (Wildman–Crippen MR) is 83.3 cm³/mol. The second-order valence-electron chi connectivity index (χ2n) is 4.64. The lowest BCUT2D eigenvalue weighted by Gasteiger charge is -2.15. The van der Waals surface area contributed by atoms with Gasteiger partial charge in [-0.2, -0.15) is 0 Å². The van der Waals surface area contributed by atoms with Gasteiger partial charge in [0.2, 0.25) is 0 Å². The lowest BCUT2D eigenvalue weighted by atomic mass is 10.2. The van der Waals surface area contributed by atoms with Crippen LogP contribution in [0, 0.1) is 0 Å². The van der Waals surface area contributed by atoms with Crippen LogP contribution in [0.2, 0.25) is 10.0 Å². The third kappa shape index (κ3) is 7.85. The van der Waals surface area contributed by atoms with Crippen molar-refractivity contribution < 1.29 is 19.7 Å². The number of nitrogens with one attached hydrogen (secondary N) is 1. The molecule has 3 N–H and O–H groups in total. The molecule has 0 aliphatic carbocycles. The average Bonchev–Trinajstić information content (AvgIpc) is 2.43. The molecule has 1 aromatic rings. The quantitative estimate of drug-likeness (QED) is 0.567. The molecule has 0 aliphatic rings. The van der Waals surface area contributed by atoms with Crippen LogP contribution < -0.4 is 10.1 Å². The highest BCUT2D eigenvalue weighted by Gasteiger charge is 2.08. The summed E-state index contributed by atoms with van der Waals surface area (Å²) >= 11 is 11.7. The van der Waals surface area contributed by atoms with Gasteiger partial charge in [0.1, 0.15) is 18.5 Å². The van der Waals surface area contributed by atoms with Crippen LogP contribution in [0.3, 0.4) is 0 Å². The molecule has 21 heavy (non-hydrogen) atoms. The lowest BCUT2D eigenvalue weighted by molar-refractivity contribution is 0.0577. The van der Waals surface area contributed by atoms with Gasteiger partial charge in [0, 0.05) is 18.7 Å². The number of rotatable bonds is 10. The summed E-state index contributed by atoms with van der Waals surface area (Å²) in [6.45, 7) is 1.38. The smallest absolute Gasteiger partial charge is 0.138 e. The van der Waals surface area contributed by atoms with Gasteiger partial charge in [-0.05, 0) is 31.2 Å². The maximum absolute atomic E-state index is 9.78. The fourth-order valence-corrected chi connectivity index (χ4v) is 2.11. The first kappa shape index (κ1) is 18.5. The molecule has 0 saturated carbocycles. The third-order valence-electron chi connectivity index (χ3n) is 2.72. The van der Waals surface area contributed by atoms with Crippen LogP contribution in [0.5, 0.6) is 5.75 Å². The van der Waals surface area contributed by atoms with Crippen molar-refractivity contribution in [3.63, 3.8) is 0 Å². The Balaban J connectivity index is 2.17. The second-order valence-corrected chi connectivity index (χ2v) is 5.49. The molecule has 7 heteroatoms. The number of ether oxygens (including phenoxy) is 2. The van der Waals surface area contributed by atoms with Crippen molar-refractivity contribution in [3.8, 4) is 5.75 Å². The van der Waals surface area contributed by atoms with Gasteiger partial charge in [0.15, 0.2) is 0 Å². The largest absolute Gasteiger partial charge is 0.489 e. The molecule has 0 fully saturated rings. The maximum Gasteiger partial charge on any atom is 0.138 e. The monoisotopic (exact) mass is 337 g/mol. The highest BCUT2D eigenvalue weighted by molar-refractivity contribution is 6.35. The van der Waals surface area contributed by atoms with Gasteiger partial charge in [0.25, 0.3) is 0 Å². The molecule has 0 amide bonds. The Hall–Kier alpha value is -0.560. The van der Waals surface area contributed by atoms with Crippen molar-refractivity contribution in [1.29, 1.82) is 0 Å². The normalized spacial score (nSPS) is 14.0. The van der Waals surface area contributed by atoms with E-state index in [4.69, 9.17) is 32.7 Å². The van der Waals surface area contributed by atoms with E-state index >= 15 is 0 Å². The summed E-state index contributed by atoms with van der Waals surface area (Å²) in [5.74, 6) is 0.482. The van der Waals surface area contributed by atoms with Crippen molar-refractivity contribution in [1.82, 2.24) is 5.32 Å². The van der Waals surface area contributed by atoms with Gasteiger partial charge in [-0.1, -0.05) is 23.2 Å². The minimum atomic E-state index is -0.670. The Morgan fingerprint density at radius 1 is 1.19 bits per heavy atom. The molecule has 2 atom stereocenters. The summed E-state index contributed by atoms with van der Waals surface area (Å²) in [5.41, 5.74) is 0. The van der Waals surface area contributed by atoms with E-state index in [-0.39, 0.29) is 6.61 Å². The minimum absolute atomic E-state index is 0.120. The van der Waals surface area contributed by atoms with E-state index in [2.05, 4.69) is 5.32 Å². The molecule has 0 aromatic heterocycles. The molecule has 0 saturated heterocycles. The molecule has 120 valence electrons. The highest BCUT2D eigenvalue weighted by atomic mass is 35.5. The molecular weight excluding hydrogens is 317 g/mol. The standard InChI is InChI=1S/C14H21Cl2NO4/c1-20-8-11(18)4-5-17-7-12(19)9-21-14-3-2-10(15)6-13(14)16/h2-3,6,11-12,17-19H,4-5,7-9H2,1H3.